The van der Waals surface area contributed by atoms with Gasteiger partial charge in [-0.1, -0.05) is 18.6 Å². The number of likely N-dealkylation sites (tertiary alicyclic amines) is 1. The fourth-order valence-electron chi connectivity index (χ4n) is 4.13. The molecule has 2 aliphatic rings. The average Bonchev–Trinajstić information content (AvgIpc) is 3.31. The smallest absolute Gasteiger partial charge is 0.255 e. The molecule has 0 spiro atoms. The van der Waals surface area contributed by atoms with Crippen LogP contribution in [0.15, 0.2) is 53.4 Å². The number of rotatable bonds is 6. The third-order valence-electron chi connectivity index (χ3n) is 5.89. The zero-order valence-corrected chi connectivity index (χ0v) is 18.0. The molecular weight excluding hydrogens is 398 g/mol. The van der Waals surface area contributed by atoms with Gasteiger partial charge < -0.3 is 5.32 Å². The van der Waals surface area contributed by atoms with Crippen LogP contribution in [0.5, 0.6) is 0 Å². The third kappa shape index (κ3) is 4.91. The third-order valence-corrected chi connectivity index (χ3v) is 7.80. The lowest BCUT2D eigenvalue weighted by molar-refractivity contribution is 0.102. The lowest BCUT2D eigenvalue weighted by Gasteiger charge is -2.26. The summed E-state index contributed by atoms with van der Waals surface area (Å²) in [6, 6.07) is 14.1. The van der Waals surface area contributed by atoms with E-state index in [2.05, 4.69) is 10.2 Å². The average molecular weight is 428 g/mol. The first-order valence-corrected chi connectivity index (χ1v) is 12.2. The molecule has 7 heteroatoms. The standard InChI is InChI=1S/C23H29N3O3S/c27-23(20-8-6-19(7-9-20)18-25-14-2-1-3-15-25)24-21-10-12-22(13-11-21)30(28,29)26-16-4-5-17-26/h6-13H,1-5,14-18H2,(H,24,27). The second kappa shape index (κ2) is 9.29. The van der Waals surface area contributed by atoms with Crippen LogP contribution < -0.4 is 5.32 Å². The van der Waals surface area contributed by atoms with E-state index in [1.54, 1.807) is 24.3 Å². The highest BCUT2D eigenvalue weighted by atomic mass is 32.2. The van der Waals surface area contributed by atoms with E-state index >= 15 is 0 Å². The van der Waals surface area contributed by atoms with Crippen molar-refractivity contribution in [1.29, 1.82) is 0 Å². The molecule has 2 fully saturated rings. The Kier molecular flexibility index (Phi) is 6.51. The summed E-state index contributed by atoms with van der Waals surface area (Å²) < 4.78 is 26.7. The number of benzene rings is 2. The first-order valence-electron chi connectivity index (χ1n) is 10.8. The Labute approximate surface area is 178 Å². The number of carbonyl (C=O) groups is 1. The molecule has 0 aromatic heterocycles. The Morgan fingerprint density at radius 3 is 2.03 bits per heavy atom. The normalized spacial score (nSPS) is 18.4. The maximum absolute atomic E-state index is 12.6. The van der Waals surface area contributed by atoms with E-state index in [0.29, 0.717) is 24.3 Å². The summed E-state index contributed by atoms with van der Waals surface area (Å²) >= 11 is 0. The monoisotopic (exact) mass is 427 g/mol. The van der Waals surface area contributed by atoms with Gasteiger partial charge in [-0.15, -0.1) is 0 Å². The van der Waals surface area contributed by atoms with E-state index < -0.39 is 10.0 Å². The quantitative estimate of drug-likeness (QED) is 0.763. The summed E-state index contributed by atoms with van der Waals surface area (Å²) in [7, 11) is -3.44. The van der Waals surface area contributed by atoms with E-state index in [1.165, 1.54) is 29.1 Å². The number of amides is 1. The van der Waals surface area contributed by atoms with Gasteiger partial charge in [0.1, 0.15) is 0 Å². The highest BCUT2D eigenvalue weighted by Gasteiger charge is 2.26. The summed E-state index contributed by atoms with van der Waals surface area (Å²) in [5.41, 5.74) is 2.38. The van der Waals surface area contributed by atoms with Crippen LogP contribution in [0.4, 0.5) is 5.69 Å². The Balaban J connectivity index is 1.36. The molecule has 2 aromatic carbocycles. The van der Waals surface area contributed by atoms with Crippen molar-refractivity contribution in [1.82, 2.24) is 9.21 Å². The zero-order chi connectivity index (χ0) is 21.0. The van der Waals surface area contributed by atoms with Gasteiger partial charge in [0.15, 0.2) is 0 Å². The molecule has 0 saturated carbocycles. The fraction of sp³-hybridized carbons (Fsp3) is 0.435. The van der Waals surface area contributed by atoms with Crippen LogP contribution in [0.2, 0.25) is 0 Å². The van der Waals surface area contributed by atoms with Crippen LogP contribution in [-0.4, -0.2) is 49.7 Å². The molecule has 2 heterocycles. The molecule has 2 saturated heterocycles. The molecule has 6 nitrogen and oxygen atoms in total. The molecule has 2 aliphatic heterocycles. The van der Waals surface area contributed by atoms with Crippen molar-refractivity contribution in [2.45, 2.75) is 43.5 Å². The maximum atomic E-state index is 12.6. The molecule has 160 valence electrons. The second-order valence-electron chi connectivity index (χ2n) is 8.12. The van der Waals surface area contributed by atoms with Crippen LogP contribution >= 0.6 is 0 Å². The molecular formula is C23H29N3O3S. The molecule has 0 unspecified atom stereocenters. The van der Waals surface area contributed by atoms with Crippen molar-refractivity contribution in [3.05, 3.63) is 59.7 Å². The van der Waals surface area contributed by atoms with Gasteiger partial charge in [-0.25, -0.2) is 8.42 Å². The first kappa shape index (κ1) is 21.0. The molecule has 1 N–H and O–H groups in total. The van der Waals surface area contributed by atoms with Crippen LogP contribution in [-0.2, 0) is 16.6 Å². The van der Waals surface area contributed by atoms with Gasteiger partial charge in [-0.05, 0) is 80.7 Å². The van der Waals surface area contributed by atoms with Crippen LogP contribution in [0.1, 0.15) is 48.0 Å². The van der Waals surface area contributed by atoms with E-state index in [1.807, 2.05) is 24.3 Å². The molecule has 2 aromatic rings. The Morgan fingerprint density at radius 1 is 0.800 bits per heavy atom. The lowest BCUT2D eigenvalue weighted by atomic mass is 10.1. The van der Waals surface area contributed by atoms with Gasteiger partial charge in [-0.2, -0.15) is 4.31 Å². The number of hydrogen-bond acceptors (Lipinski definition) is 4. The molecule has 0 bridgehead atoms. The number of carbonyl (C=O) groups excluding carboxylic acids is 1. The minimum atomic E-state index is -3.44. The SMILES string of the molecule is O=C(Nc1ccc(S(=O)(=O)N2CCCC2)cc1)c1ccc(CN2CCCCC2)cc1. The largest absolute Gasteiger partial charge is 0.322 e. The molecule has 0 aliphatic carbocycles. The lowest BCUT2D eigenvalue weighted by Crippen LogP contribution is -2.29. The van der Waals surface area contributed by atoms with Gasteiger partial charge in [0, 0.05) is 30.9 Å². The highest BCUT2D eigenvalue weighted by Crippen LogP contribution is 2.22. The Morgan fingerprint density at radius 2 is 1.40 bits per heavy atom. The second-order valence-corrected chi connectivity index (χ2v) is 10.1. The number of anilines is 1. The van der Waals surface area contributed by atoms with Crippen LogP contribution in [0.25, 0.3) is 0 Å². The molecule has 1 amide bonds. The minimum Gasteiger partial charge on any atom is -0.322 e. The fourth-order valence-corrected chi connectivity index (χ4v) is 5.65. The van der Waals surface area contributed by atoms with Crippen molar-refractivity contribution in [3.63, 3.8) is 0 Å². The maximum Gasteiger partial charge on any atom is 0.255 e. The summed E-state index contributed by atoms with van der Waals surface area (Å²) in [6.45, 7) is 4.37. The number of hydrogen-bond donors (Lipinski definition) is 1. The van der Waals surface area contributed by atoms with E-state index in [-0.39, 0.29) is 10.8 Å². The molecule has 0 radical (unpaired) electrons. The molecule has 0 atom stereocenters. The van der Waals surface area contributed by atoms with Crippen LogP contribution in [0.3, 0.4) is 0 Å². The summed E-state index contributed by atoms with van der Waals surface area (Å²) in [4.78, 5) is 15.3. The van der Waals surface area contributed by atoms with Gasteiger partial charge in [0.05, 0.1) is 4.90 Å². The van der Waals surface area contributed by atoms with Crippen molar-refractivity contribution in [3.8, 4) is 0 Å². The highest BCUT2D eigenvalue weighted by molar-refractivity contribution is 7.89. The van der Waals surface area contributed by atoms with Crippen molar-refractivity contribution < 1.29 is 13.2 Å². The van der Waals surface area contributed by atoms with E-state index in [0.717, 1.165) is 32.5 Å². The van der Waals surface area contributed by atoms with Crippen molar-refractivity contribution in [2.75, 3.05) is 31.5 Å². The Bertz CT molecular complexity index is 960. The number of sulfonamides is 1. The van der Waals surface area contributed by atoms with E-state index in [9.17, 15) is 13.2 Å². The topological polar surface area (TPSA) is 69.7 Å². The van der Waals surface area contributed by atoms with Gasteiger partial charge in [-0.3, -0.25) is 9.69 Å². The number of piperidine rings is 1. The summed E-state index contributed by atoms with van der Waals surface area (Å²) in [5.74, 6) is -0.199. The van der Waals surface area contributed by atoms with Gasteiger partial charge in [0.2, 0.25) is 10.0 Å². The predicted octanol–water partition coefficient (Wildman–Crippen LogP) is 3.71. The van der Waals surface area contributed by atoms with E-state index in [4.69, 9.17) is 0 Å². The van der Waals surface area contributed by atoms with Gasteiger partial charge in [0.25, 0.3) is 5.91 Å². The molecule has 30 heavy (non-hydrogen) atoms. The number of nitrogens with zero attached hydrogens (tertiary/aromatic N) is 2. The van der Waals surface area contributed by atoms with Crippen molar-refractivity contribution >= 4 is 21.6 Å². The predicted molar refractivity (Wildman–Crippen MR) is 118 cm³/mol. The van der Waals surface area contributed by atoms with Crippen molar-refractivity contribution in [2.24, 2.45) is 0 Å². The first-order chi connectivity index (χ1) is 14.5. The van der Waals surface area contributed by atoms with Gasteiger partial charge >= 0.3 is 0 Å². The summed E-state index contributed by atoms with van der Waals surface area (Å²) in [6.07, 6.45) is 5.66. The Hall–Kier alpha value is -2.22. The molecule has 4 rings (SSSR count). The van der Waals surface area contributed by atoms with Crippen LogP contribution in [0, 0.1) is 0 Å². The summed E-state index contributed by atoms with van der Waals surface area (Å²) in [5, 5.41) is 2.85. The number of nitrogens with one attached hydrogen (secondary N) is 1. The minimum absolute atomic E-state index is 0.199. The zero-order valence-electron chi connectivity index (χ0n) is 17.2.